The molecule has 0 unspecified atom stereocenters. The van der Waals surface area contributed by atoms with Crippen molar-refractivity contribution in [3.8, 4) is 0 Å². The second-order valence-corrected chi connectivity index (χ2v) is 6.26. The van der Waals surface area contributed by atoms with Crippen LogP contribution in [0.2, 0.25) is 0 Å². The Balaban J connectivity index is 1.83. The number of rotatable bonds is 2. The van der Waals surface area contributed by atoms with Crippen LogP contribution in [0, 0.1) is 10.5 Å². The van der Waals surface area contributed by atoms with Crippen LogP contribution in [0.15, 0.2) is 36.4 Å². The molecule has 5 heteroatoms. The van der Waals surface area contributed by atoms with Crippen LogP contribution in [0.1, 0.15) is 21.5 Å². The minimum Gasteiger partial charge on any atom is -0.326 e. The minimum atomic E-state index is -0.165. The Morgan fingerprint density at radius 1 is 1.24 bits per heavy atom. The molecule has 106 valence electrons. The highest BCUT2D eigenvalue weighted by atomic mass is 127. The Kier molecular flexibility index (Phi) is 3.67. The van der Waals surface area contributed by atoms with Gasteiger partial charge in [-0.05, 0) is 77.0 Å². The normalized spacial score (nSPS) is 12.8. The van der Waals surface area contributed by atoms with Gasteiger partial charge in [-0.2, -0.15) is 0 Å². The molecular weight excluding hydrogens is 379 g/mol. The molecule has 0 saturated heterocycles. The van der Waals surface area contributed by atoms with Crippen molar-refractivity contribution in [1.29, 1.82) is 0 Å². The molecule has 2 amide bonds. The standard InChI is InChI=1S/C16H13IN2O2/c1-9-6-12(17)3-5-13(9)19-16(21)10-2-4-14-11(7-10)8-15(20)18-14/h2-7H,8H2,1H3,(H,18,20)(H,19,21). The van der Waals surface area contributed by atoms with E-state index in [4.69, 9.17) is 0 Å². The fourth-order valence-corrected chi connectivity index (χ4v) is 2.98. The van der Waals surface area contributed by atoms with E-state index in [1.54, 1.807) is 18.2 Å². The van der Waals surface area contributed by atoms with Crippen molar-refractivity contribution in [2.75, 3.05) is 10.6 Å². The van der Waals surface area contributed by atoms with Gasteiger partial charge in [0.25, 0.3) is 5.91 Å². The summed E-state index contributed by atoms with van der Waals surface area (Å²) in [6.07, 6.45) is 0.332. The molecule has 4 nitrogen and oxygen atoms in total. The number of hydrogen-bond donors (Lipinski definition) is 2. The lowest BCUT2D eigenvalue weighted by molar-refractivity contribution is -0.115. The fourth-order valence-electron chi connectivity index (χ4n) is 2.33. The number of anilines is 2. The van der Waals surface area contributed by atoms with Crippen molar-refractivity contribution >= 4 is 45.8 Å². The van der Waals surface area contributed by atoms with Crippen molar-refractivity contribution in [3.63, 3.8) is 0 Å². The summed E-state index contributed by atoms with van der Waals surface area (Å²) in [7, 11) is 0. The van der Waals surface area contributed by atoms with Gasteiger partial charge in [-0.3, -0.25) is 9.59 Å². The molecule has 0 fully saturated rings. The molecule has 1 aliphatic heterocycles. The van der Waals surface area contributed by atoms with Crippen LogP contribution in [0.25, 0.3) is 0 Å². The first-order chi connectivity index (χ1) is 10.0. The maximum atomic E-state index is 12.3. The monoisotopic (exact) mass is 392 g/mol. The number of halogens is 1. The number of nitrogens with one attached hydrogen (secondary N) is 2. The van der Waals surface area contributed by atoms with Crippen LogP contribution in [0.3, 0.4) is 0 Å². The predicted octanol–water partition coefficient (Wildman–Crippen LogP) is 3.35. The lowest BCUT2D eigenvalue weighted by Crippen LogP contribution is -2.13. The molecule has 0 aromatic heterocycles. The van der Waals surface area contributed by atoms with Crippen LogP contribution >= 0.6 is 22.6 Å². The lowest BCUT2D eigenvalue weighted by Gasteiger charge is -2.09. The van der Waals surface area contributed by atoms with Crippen LogP contribution in [0.5, 0.6) is 0 Å². The summed E-state index contributed by atoms with van der Waals surface area (Å²) in [6.45, 7) is 1.96. The molecule has 0 saturated carbocycles. The molecular formula is C16H13IN2O2. The molecule has 2 aromatic rings. The third-order valence-electron chi connectivity index (χ3n) is 3.43. The minimum absolute atomic E-state index is 0.0314. The van der Waals surface area contributed by atoms with Gasteiger partial charge in [-0.25, -0.2) is 0 Å². The Morgan fingerprint density at radius 2 is 2.05 bits per heavy atom. The molecule has 0 spiro atoms. The molecule has 1 heterocycles. The molecule has 0 aliphatic carbocycles. The second kappa shape index (κ2) is 5.48. The van der Waals surface area contributed by atoms with Crippen LogP contribution in [-0.2, 0) is 11.2 Å². The summed E-state index contributed by atoms with van der Waals surface area (Å²) in [5.41, 5.74) is 4.04. The van der Waals surface area contributed by atoms with Gasteiger partial charge in [0, 0.05) is 20.5 Å². The number of aryl methyl sites for hydroxylation is 1. The van der Waals surface area contributed by atoms with Crippen molar-refractivity contribution < 1.29 is 9.59 Å². The number of fused-ring (bicyclic) bond motifs is 1. The number of benzene rings is 2. The average molecular weight is 392 g/mol. The first-order valence-corrected chi connectivity index (χ1v) is 7.61. The third kappa shape index (κ3) is 2.92. The Morgan fingerprint density at radius 3 is 2.81 bits per heavy atom. The van der Waals surface area contributed by atoms with Gasteiger partial charge < -0.3 is 10.6 Å². The molecule has 3 rings (SSSR count). The molecule has 2 aromatic carbocycles. The van der Waals surface area contributed by atoms with E-state index < -0.39 is 0 Å². The van der Waals surface area contributed by atoms with Crippen LogP contribution < -0.4 is 10.6 Å². The number of hydrogen-bond acceptors (Lipinski definition) is 2. The van der Waals surface area contributed by atoms with Gasteiger partial charge in [-0.1, -0.05) is 0 Å². The zero-order valence-electron chi connectivity index (χ0n) is 11.4. The Labute approximate surface area is 136 Å². The van der Waals surface area contributed by atoms with E-state index in [1.165, 1.54) is 0 Å². The molecule has 21 heavy (non-hydrogen) atoms. The fraction of sp³-hybridized carbons (Fsp3) is 0.125. The summed E-state index contributed by atoms with van der Waals surface area (Å²) in [5.74, 6) is -0.197. The number of carbonyl (C=O) groups excluding carboxylic acids is 2. The maximum absolute atomic E-state index is 12.3. The topological polar surface area (TPSA) is 58.2 Å². The SMILES string of the molecule is Cc1cc(I)ccc1NC(=O)c1ccc2c(c1)CC(=O)N2. The van der Waals surface area contributed by atoms with Crippen LogP contribution in [-0.4, -0.2) is 11.8 Å². The second-order valence-electron chi connectivity index (χ2n) is 5.01. The van der Waals surface area contributed by atoms with Gasteiger partial charge in [0.15, 0.2) is 0 Å². The summed E-state index contributed by atoms with van der Waals surface area (Å²) >= 11 is 2.24. The first kappa shape index (κ1) is 14.1. The maximum Gasteiger partial charge on any atom is 0.255 e. The zero-order valence-corrected chi connectivity index (χ0v) is 13.5. The number of amides is 2. The van der Waals surface area contributed by atoms with Gasteiger partial charge in [0.1, 0.15) is 0 Å². The van der Waals surface area contributed by atoms with E-state index in [9.17, 15) is 9.59 Å². The van der Waals surface area contributed by atoms with Crippen molar-refractivity contribution in [2.45, 2.75) is 13.3 Å². The van der Waals surface area contributed by atoms with Gasteiger partial charge in [0.2, 0.25) is 5.91 Å². The van der Waals surface area contributed by atoms with Crippen molar-refractivity contribution in [3.05, 3.63) is 56.7 Å². The molecule has 0 radical (unpaired) electrons. The molecule has 1 aliphatic rings. The molecule has 2 N–H and O–H groups in total. The molecule has 0 bridgehead atoms. The summed E-state index contributed by atoms with van der Waals surface area (Å²) in [6, 6.07) is 11.1. The molecule has 0 atom stereocenters. The summed E-state index contributed by atoms with van der Waals surface area (Å²) in [5, 5.41) is 5.67. The highest BCUT2D eigenvalue weighted by Crippen LogP contribution is 2.25. The summed E-state index contributed by atoms with van der Waals surface area (Å²) in [4.78, 5) is 23.7. The quantitative estimate of drug-likeness (QED) is 0.771. The predicted molar refractivity (Wildman–Crippen MR) is 90.6 cm³/mol. The van der Waals surface area contributed by atoms with E-state index in [1.807, 2.05) is 25.1 Å². The average Bonchev–Trinajstić information content (AvgIpc) is 2.80. The lowest BCUT2D eigenvalue weighted by atomic mass is 10.1. The Hall–Kier alpha value is -1.89. The van der Waals surface area contributed by atoms with E-state index >= 15 is 0 Å². The van der Waals surface area contributed by atoms with E-state index in [2.05, 4.69) is 33.2 Å². The van der Waals surface area contributed by atoms with Gasteiger partial charge >= 0.3 is 0 Å². The Bertz CT molecular complexity index is 756. The smallest absolute Gasteiger partial charge is 0.255 e. The van der Waals surface area contributed by atoms with Gasteiger partial charge in [-0.15, -0.1) is 0 Å². The van der Waals surface area contributed by atoms with E-state index in [-0.39, 0.29) is 11.8 Å². The van der Waals surface area contributed by atoms with Crippen molar-refractivity contribution in [1.82, 2.24) is 0 Å². The number of carbonyl (C=O) groups is 2. The van der Waals surface area contributed by atoms with E-state index in [0.717, 1.165) is 26.1 Å². The summed E-state index contributed by atoms with van der Waals surface area (Å²) < 4.78 is 1.13. The van der Waals surface area contributed by atoms with E-state index in [0.29, 0.717) is 12.0 Å². The largest absolute Gasteiger partial charge is 0.326 e. The van der Waals surface area contributed by atoms with Gasteiger partial charge in [0.05, 0.1) is 6.42 Å². The van der Waals surface area contributed by atoms with Crippen molar-refractivity contribution in [2.24, 2.45) is 0 Å². The third-order valence-corrected chi connectivity index (χ3v) is 4.10. The highest BCUT2D eigenvalue weighted by Gasteiger charge is 2.19. The highest BCUT2D eigenvalue weighted by molar-refractivity contribution is 14.1. The van der Waals surface area contributed by atoms with Crippen LogP contribution in [0.4, 0.5) is 11.4 Å². The first-order valence-electron chi connectivity index (χ1n) is 6.53. The zero-order chi connectivity index (χ0) is 15.0.